The number of ether oxygens (including phenoxy) is 2. The van der Waals surface area contributed by atoms with Crippen LogP contribution >= 0.6 is 0 Å². The van der Waals surface area contributed by atoms with Gasteiger partial charge in [0.05, 0.1) is 43.4 Å². The molecule has 0 radical (unpaired) electrons. The first-order valence-corrected chi connectivity index (χ1v) is 4.81. The molecule has 3 N–H and O–H groups in total. The predicted molar refractivity (Wildman–Crippen MR) is 60.2 cm³/mol. The minimum Gasteiger partial charge on any atom is -0.493 e. The molecule has 0 amide bonds. The minimum absolute atomic E-state index is 0.204. The highest BCUT2D eigenvalue weighted by molar-refractivity contribution is 5.55. The van der Waals surface area contributed by atoms with Gasteiger partial charge in [0.15, 0.2) is 11.5 Å². The lowest BCUT2D eigenvalue weighted by Gasteiger charge is -2.13. The Bertz CT molecular complexity index is 421. The fourth-order valence-electron chi connectivity index (χ4n) is 1.44. The molecular weight excluding hydrogens is 228 g/mol. The van der Waals surface area contributed by atoms with E-state index in [4.69, 9.17) is 20.3 Å². The van der Waals surface area contributed by atoms with E-state index < -0.39 is 17.6 Å². The van der Waals surface area contributed by atoms with Crippen molar-refractivity contribution < 1.29 is 19.5 Å². The van der Waals surface area contributed by atoms with Gasteiger partial charge in [0.25, 0.3) is 5.69 Å². The molecule has 0 spiro atoms. The summed E-state index contributed by atoms with van der Waals surface area (Å²) in [7, 11) is 2.80. The first kappa shape index (κ1) is 13.2. The van der Waals surface area contributed by atoms with Crippen LogP contribution in [0.1, 0.15) is 11.6 Å². The van der Waals surface area contributed by atoms with Gasteiger partial charge in [-0.3, -0.25) is 10.1 Å². The molecule has 94 valence electrons. The summed E-state index contributed by atoms with van der Waals surface area (Å²) in [5.41, 5.74) is 5.60. The maximum Gasteiger partial charge on any atom is 0.278 e. The van der Waals surface area contributed by atoms with E-state index in [1.165, 1.54) is 26.4 Å². The Morgan fingerprint density at radius 1 is 1.41 bits per heavy atom. The third-order valence-electron chi connectivity index (χ3n) is 2.33. The highest BCUT2D eigenvalue weighted by Crippen LogP contribution is 2.36. The molecule has 1 atom stereocenters. The molecular formula is C10H14N2O5. The second-order valence-corrected chi connectivity index (χ2v) is 3.31. The normalized spacial score (nSPS) is 12.0. The Kier molecular flexibility index (Phi) is 4.24. The van der Waals surface area contributed by atoms with Crippen LogP contribution in [0.25, 0.3) is 0 Å². The van der Waals surface area contributed by atoms with Gasteiger partial charge in [-0.25, -0.2) is 0 Å². The lowest BCUT2D eigenvalue weighted by atomic mass is 10.1. The van der Waals surface area contributed by atoms with Crippen LogP contribution in [0.2, 0.25) is 0 Å². The second kappa shape index (κ2) is 5.46. The molecule has 0 aliphatic heterocycles. The highest BCUT2D eigenvalue weighted by Gasteiger charge is 2.23. The van der Waals surface area contributed by atoms with Gasteiger partial charge in [0, 0.05) is 0 Å². The summed E-state index contributed by atoms with van der Waals surface area (Å²) in [5.74, 6) is 0.574. The fourth-order valence-corrected chi connectivity index (χ4v) is 1.44. The number of rotatable bonds is 5. The summed E-state index contributed by atoms with van der Waals surface area (Å²) >= 11 is 0. The van der Waals surface area contributed by atoms with E-state index in [-0.39, 0.29) is 17.0 Å². The first-order valence-electron chi connectivity index (χ1n) is 4.81. The van der Waals surface area contributed by atoms with Gasteiger partial charge in [0.1, 0.15) is 0 Å². The van der Waals surface area contributed by atoms with E-state index in [0.29, 0.717) is 5.75 Å². The lowest BCUT2D eigenvalue weighted by molar-refractivity contribution is -0.385. The average Bonchev–Trinajstić information content (AvgIpc) is 2.35. The summed E-state index contributed by atoms with van der Waals surface area (Å²) in [6.45, 7) is -0.393. The van der Waals surface area contributed by atoms with E-state index in [0.717, 1.165) is 0 Å². The monoisotopic (exact) mass is 242 g/mol. The van der Waals surface area contributed by atoms with Crippen LogP contribution in [-0.2, 0) is 0 Å². The van der Waals surface area contributed by atoms with Crippen molar-refractivity contribution in [3.05, 3.63) is 27.8 Å². The van der Waals surface area contributed by atoms with Crippen molar-refractivity contribution in [2.24, 2.45) is 5.73 Å². The number of benzene rings is 1. The minimum atomic E-state index is -0.838. The third-order valence-corrected chi connectivity index (χ3v) is 2.33. The Morgan fingerprint density at radius 2 is 1.94 bits per heavy atom. The molecule has 0 saturated carbocycles. The zero-order valence-electron chi connectivity index (χ0n) is 9.54. The van der Waals surface area contributed by atoms with Gasteiger partial charge in [-0.05, 0) is 6.07 Å². The second-order valence-electron chi connectivity index (χ2n) is 3.31. The lowest BCUT2D eigenvalue weighted by Crippen LogP contribution is -2.16. The molecule has 1 aromatic rings. The largest absolute Gasteiger partial charge is 0.493 e. The molecule has 0 fully saturated rings. The molecule has 7 heteroatoms. The van der Waals surface area contributed by atoms with Crippen LogP contribution in [-0.4, -0.2) is 30.9 Å². The van der Waals surface area contributed by atoms with Gasteiger partial charge in [-0.15, -0.1) is 0 Å². The zero-order chi connectivity index (χ0) is 13.0. The van der Waals surface area contributed by atoms with Crippen molar-refractivity contribution >= 4 is 5.69 Å². The predicted octanol–water partition coefficient (Wildman–Crippen LogP) is 0.604. The van der Waals surface area contributed by atoms with Crippen molar-refractivity contribution in [1.29, 1.82) is 0 Å². The number of nitrogens with two attached hydrogens (primary N) is 1. The number of aliphatic hydroxyl groups excluding tert-OH is 1. The highest BCUT2D eigenvalue weighted by atomic mass is 16.6. The van der Waals surface area contributed by atoms with Gasteiger partial charge in [-0.2, -0.15) is 0 Å². The number of aliphatic hydroxyl groups is 1. The standard InChI is InChI=1S/C10H14N2O5/c1-16-9-3-6(7(11)5-13)8(12(14)15)4-10(9)17-2/h3-4,7,13H,5,11H2,1-2H3/t7-/m0/s1. The van der Waals surface area contributed by atoms with Crippen LogP contribution in [0.15, 0.2) is 12.1 Å². The van der Waals surface area contributed by atoms with Crippen LogP contribution in [0, 0.1) is 10.1 Å². The first-order chi connectivity index (χ1) is 8.04. The number of hydrogen-bond donors (Lipinski definition) is 2. The molecule has 0 unspecified atom stereocenters. The Hall–Kier alpha value is -1.86. The smallest absolute Gasteiger partial charge is 0.278 e. The van der Waals surface area contributed by atoms with Gasteiger partial charge < -0.3 is 20.3 Å². The quantitative estimate of drug-likeness (QED) is 0.578. The number of hydrogen-bond acceptors (Lipinski definition) is 6. The van der Waals surface area contributed by atoms with Crippen molar-refractivity contribution in [2.45, 2.75) is 6.04 Å². The molecule has 7 nitrogen and oxygen atoms in total. The van der Waals surface area contributed by atoms with Gasteiger partial charge in [-0.1, -0.05) is 0 Å². The molecule has 1 rings (SSSR count). The number of nitro groups is 1. The molecule has 0 aliphatic rings. The molecule has 0 aliphatic carbocycles. The molecule has 17 heavy (non-hydrogen) atoms. The van der Waals surface area contributed by atoms with E-state index in [1.807, 2.05) is 0 Å². The van der Waals surface area contributed by atoms with Crippen LogP contribution in [0.4, 0.5) is 5.69 Å². The summed E-state index contributed by atoms with van der Waals surface area (Å²) in [6, 6.07) is 1.79. The topological polar surface area (TPSA) is 108 Å². The third kappa shape index (κ3) is 2.63. The Balaban J connectivity index is 3.40. The fraction of sp³-hybridized carbons (Fsp3) is 0.400. The summed E-state index contributed by atoms with van der Waals surface area (Å²) < 4.78 is 9.98. The zero-order valence-corrected chi connectivity index (χ0v) is 9.54. The van der Waals surface area contributed by atoms with Crippen molar-refractivity contribution in [3.63, 3.8) is 0 Å². The maximum atomic E-state index is 10.9. The van der Waals surface area contributed by atoms with E-state index >= 15 is 0 Å². The number of nitrogens with zero attached hydrogens (tertiary/aromatic N) is 1. The van der Waals surface area contributed by atoms with Crippen LogP contribution < -0.4 is 15.2 Å². The molecule has 0 bridgehead atoms. The summed E-state index contributed by atoms with van der Waals surface area (Å²) in [6.07, 6.45) is 0. The summed E-state index contributed by atoms with van der Waals surface area (Å²) in [4.78, 5) is 10.3. The Labute approximate surface area is 97.9 Å². The van der Waals surface area contributed by atoms with Crippen LogP contribution in [0.5, 0.6) is 11.5 Å². The average molecular weight is 242 g/mol. The van der Waals surface area contributed by atoms with Crippen LogP contribution in [0.3, 0.4) is 0 Å². The molecule has 0 aromatic heterocycles. The van der Waals surface area contributed by atoms with Crippen molar-refractivity contribution in [3.8, 4) is 11.5 Å². The maximum absolute atomic E-state index is 10.9. The SMILES string of the molecule is COc1cc([C@@H](N)CO)c([N+](=O)[O-])cc1OC. The van der Waals surface area contributed by atoms with E-state index in [1.54, 1.807) is 0 Å². The van der Waals surface area contributed by atoms with Gasteiger partial charge in [0.2, 0.25) is 0 Å². The van der Waals surface area contributed by atoms with Gasteiger partial charge >= 0.3 is 0 Å². The summed E-state index contributed by atoms with van der Waals surface area (Å²) in [5, 5.41) is 19.8. The van der Waals surface area contributed by atoms with Crippen molar-refractivity contribution in [2.75, 3.05) is 20.8 Å². The number of methoxy groups -OCH3 is 2. The van der Waals surface area contributed by atoms with Crippen molar-refractivity contribution in [1.82, 2.24) is 0 Å². The van der Waals surface area contributed by atoms with E-state index in [2.05, 4.69) is 0 Å². The van der Waals surface area contributed by atoms with E-state index in [9.17, 15) is 10.1 Å². The molecule has 0 saturated heterocycles. The Morgan fingerprint density at radius 3 is 2.35 bits per heavy atom. The number of nitro benzene ring substituents is 1. The molecule has 0 heterocycles. The molecule has 1 aromatic carbocycles.